The molecule has 4 aromatic carbocycles. The van der Waals surface area contributed by atoms with Crippen LogP contribution < -0.4 is 16.0 Å². The molecule has 3 amide bonds. The van der Waals surface area contributed by atoms with Crippen molar-refractivity contribution in [2.75, 3.05) is 16.4 Å². The fraction of sp³-hybridized carbons (Fsp3) is 0.0333. The van der Waals surface area contributed by atoms with Gasteiger partial charge >= 0.3 is 0 Å². The molecule has 0 saturated heterocycles. The molecule has 4 aromatic rings. The molecule has 9 heteroatoms. The third-order valence-electron chi connectivity index (χ3n) is 5.32. The van der Waals surface area contributed by atoms with Gasteiger partial charge in [0.1, 0.15) is 11.5 Å². The number of benzene rings is 4. The predicted molar refractivity (Wildman–Crippen MR) is 154 cm³/mol. The van der Waals surface area contributed by atoms with Gasteiger partial charge in [-0.3, -0.25) is 14.4 Å². The Balaban J connectivity index is 1.38. The molecule has 0 unspecified atom stereocenters. The topological polar surface area (TPSA) is 87.3 Å². The van der Waals surface area contributed by atoms with E-state index in [-0.39, 0.29) is 22.4 Å². The molecule has 0 aliphatic carbocycles. The van der Waals surface area contributed by atoms with Crippen molar-refractivity contribution in [1.29, 1.82) is 0 Å². The molecule has 39 heavy (non-hydrogen) atoms. The lowest BCUT2D eigenvalue weighted by atomic mass is 10.1. The first-order chi connectivity index (χ1) is 18.9. The van der Waals surface area contributed by atoms with E-state index in [4.69, 9.17) is 11.6 Å². The van der Waals surface area contributed by atoms with E-state index >= 15 is 0 Å². The molecule has 6 nitrogen and oxygen atoms in total. The number of anilines is 2. The van der Waals surface area contributed by atoms with Crippen LogP contribution in [0.4, 0.5) is 15.8 Å². The summed E-state index contributed by atoms with van der Waals surface area (Å²) in [6, 6.07) is 28.7. The van der Waals surface area contributed by atoms with Gasteiger partial charge in [-0.2, -0.15) is 0 Å². The molecule has 4 rings (SSSR count). The summed E-state index contributed by atoms with van der Waals surface area (Å²) in [4.78, 5) is 38.9. The van der Waals surface area contributed by atoms with Crippen LogP contribution in [0.15, 0.2) is 114 Å². The molecular formula is C30H23ClFN3O3S. The Morgan fingerprint density at radius 1 is 0.795 bits per heavy atom. The smallest absolute Gasteiger partial charge is 0.272 e. The van der Waals surface area contributed by atoms with Crippen molar-refractivity contribution in [1.82, 2.24) is 5.32 Å². The molecule has 0 radical (unpaired) electrons. The zero-order valence-corrected chi connectivity index (χ0v) is 22.1. The van der Waals surface area contributed by atoms with E-state index in [1.54, 1.807) is 60.7 Å². The van der Waals surface area contributed by atoms with E-state index in [0.717, 1.165) is 10.5 Å². The standard InChI is InChI=1S/C30H23ClFN3O3S/c31-25-18-23(13-16-26(25)32)33-28(36)19-39-24-14-11-22(12-15-24)34-30(38)27(17-20-7-3-1-4-8-20)35-29(37)21-9-5-2-6-10-21/h1-18H,19H2,(H,33,36)(H,34,38)(H,35,37)/b27-17-. The first kappa shape index (κ1) is 27.6. The van der Waals surface area contributed by atoms with Crippen LogP contribution >= 0.6 is 23.4 Å². The molecule has 0 heterocycles. The van der Waals surface area contributed by atoms with Gasteiger partial charge in [0.2, 0.25) is 5.91 Å². The van der Waals surface area contributed by atoms with Crippen LogP contribution in [0.1, 0.15) is 15.9 Å². The van der Waals surface area contributed by atoms with E-state index in [1.165, 1.54) is 30.0 Å². The zero-order chi connectivity index (χ0) is 27.6. The number of amides is 3. The fourth-order valence-electron chi connectivity index (χ4n) is 3.41. The van der Waals surface area contributed by atoms with E-state index in [1.807, 2.05) is 30.3 Å². The lowest BCUT2D eigenvalue weighted by Crippen LogP contribution is -2.30. The molecule has 0 aromatic heterocycles. The van der Waals surface area contributed by atoms with Gasteiger partial charge in [-0.15, -0.1) is 11.8 Å². The quantitative estimate of drug-likeness (QED) is 0.159. The normalized spacial score (nSPS) is 11.0. The van der Waals surface area contributed by atoms with Crippen LogP contribution in [0.2, 0.25) is 5.02 Å². The molecular weight excluding hydrogens is 537 g/mol. The highest BCUT2D eigenvalue weighted by Gasteiger charge is 2.15. The summed E-state index contributed by atoms with van der Waals surface area (Å²) in [6.45, 7) is 0. The second-order valence-electron chi connectivity index (χ2n) is 8.23. The van der Waals surface area contributed by atoms with Gasteiger partial charge in [-0.05, 0) is 66.2 Å². The third kappa shape index (κ3) is 8.29. The minimum absolute atomic E-state index is 0.0699. The van der Waals surface area contributed by atoms with Gasteiger partial charge in [0.15, 0.2) is 0 Å². The Bertz CT molecular complexity index is 1500. The van der Waals surface area contributed by atoms with Crippen LogP contribution in [0.5, 0.6) is 0 Å². The van der Waals surface area contributed by atoms with Gasteiger partial charge in [0.05, 0.1) is 10.8 Å². The Kier molecular flexibility index (Phi) is 9.50. The Morgan fingerprint density at radius 2 is 1.44 bits per heavy atom. The number of carbonyl (C=O) groups excluding carboxylic acids is 3. The molecule has 3 N–H and O–H groups in total. The molecule has 0 saturated carbocycles. The number of rotatable bonds is 9. The van der Waals surface area contributed by atoms with Crippen LogP contribution in [-0.4, -0.2) is 23.5 Å². The van der Waals surface area contributed by atoms with Crippen molar-refractivity contribution in [2.45, 2.75) is 4.90 Å². The number of carbonyl (C=O) groups is 3. The highest BCUT2D eigenvalue weighted by Crippen LogP contribution is 2.23. The Labute approximate surface area is 234 Å². The minimum atomic E-state index is -0.558. The fourth-order valence-corrected chi connectivity index (χ4v) is 4.29. The van der Waals surface area contributed by atoms with Crippen LogP contribution in [-0.2, 0) is 9.59 Å². The van der Waals surface area contributed by atoms with Crippen molar-refractivity contribution in [3.05, 3.63) is 131 Å². The lowest BCUT2D eigenvalue weighted by molar-refractivity contribution is -0.114. The molecule has 0 aliphatic rings. The number of hydrogen-bond donors (Lipinski definition) is 3. The van der Waals surface area contributed by atoms with Crippen LogP contribution in [0.25, 0.3) is 6.08 Å². The van der Waals surface area contributed by atoms with Crippen LogP contribution in [0, 0.1) is 5.82 Å². The van der Waals surface area contributed by atoms with E-state index in [0.29, 0.717) is 16.9 Å². The average molecular weight is 560 g/mol. The summed E-state index contributed by atoms with van der Waals surface area (Å²) in [5.74, 6) is -1.60. The van der Waals surface area contributed by atoms with Crippen molar-refractivity contribution < 1.29 is 18.8 Å². The maximum atomic E-state index is 13.3. The van der Waals surface area contributed by atoms with Gasteiger partial charge in [0.25, 0.3) is 11.8 Å². The van der Waals surface area contributed by atoms with Gasteiger partial charge in [0, 0.05) is 21.8 Å². The first-order valence-corrected chi connectivity index (χ1v) is 13.2. The summed E-state index contributed by atoms with van der Waals surface area (Å²) in [7, 11) is 0. The summed E-state index contributed by atoms with van der Waals surface area (Å²) < 4.78 is 13.3. The van der Waals surface area contributed by atoms with E-state index in [9.17, 15) is 18.8 Å². The number of halogens is 2. The van der Waals surface area contributed by atoms with Gasteiger partial charge in [-0.1, -0.05) is 60.1 Å². The highest BCUT2D eigenvalue weighted by molar-refractivity contribution is 8.00. The molecule has 0 aliphatic heterocycles. The molecule has 0 bridgehead atoms. The van der Waals surface area contributed by atoms with E-state index in [2.05, 4.69) is 16.0 Å². The highest BCUT2D eigenvalue weighted by atomic mass is 35.5. The Morgan fingerprint density at radius 3 is 2.10 bits per heavy atom. The summed E-state index contributed by atoms with van der Waals surface area (Å²) in [6.07, 6.45) is 1.60. The van der Waals surface area contributed by atoms with Gasteiger partial charge in [-0.25, -0.2) is 4.39 Å². The average Bonchev–Trinajstić information content (AvgIpc) is 2.95. The minimum Gasteiger partial charge on any atom is -0.325 e. The van der Waals surface area contributed by atoms with Crippen molar-refractivity contribution in [3.8, 4) is 0 Å². The van der Waals surface area contributed by atoms with Crippen molar-refractivity contribution >= 4 is 58.5 Å². The maximum absolute atomic E-state index is 13.3. The van der Waals surface area contributed by atoms with Crippen molar-refractivity contribution in [2.24, 2.45) is 0 Å². The monoisotopic (exact) mass is 559 g/mol. The summed E-state index contributed by atoms with van der Waals surface area (Å²) in [5, 5.41) is 8.10. The van der Waals surface area contributed by atoms with Crippen LogP contribution in [0.3, 0.4) is 0 Å². The number of thioether (sulfide) groups is 1. The first-order valence-electron chi connectivity index (χ1n) is 11.8. The second-order valence-corrected chi connectivity index (χ2v) is 9.69. The largest absolute Gasteiger partial charge is 0.325 e. The molecule has 196 valence electrons. The van der Waals surface area contributed by atoms with E-state index < -0.39 is 17.6 Å². The maximum Gasteiger partial charge on any atom is 0.272 e. The van der Waals surface area contributed by atoms with Crippen molar-refractivity contribution in [3.63, 3.8) is 0 Å². The second kappa shape index (κ2) is 13.4. The number of nitrogens with one attached hydrogen (secondary N) is 3. The molecule has 0 fully saturated rings. The Hall–Kier alpha value is -4.40. The van der Waals surface area contributed by atoms with Gasteiger partial charge < -0.3 is 16.0 Å². The summed E-state index contributed by atoms with van der Waals surface area (Å²) >= 11 is 7.04. The third-order valence-corrected chi connectivity index (χ3v) is 6.63. The lowest BCUT2D eigenvalue weighted by Gasteiger charge is -2.12. The zero-order valence-electron chi connectivity index (χ0n) is 20.5. The molecule has 0 spiro atoms. The molecule has 0 atom stereocenters. The summed E-state index contributed by atoms with van der Waals surface area (Å²) in [5.41, 5.74) is 2.19. The SMILES string of the molecule is O=C(CSc1ccc(NC(=O)/C(=C/c2ccccc2)NC(=O)c2ccccc2)cc1)Nc1ccc(F)c(Cl)c1. The predicted octanol–water partition coefficient (Wildman–Crippen LogP) is 6.62. The number of hydrogen-bond acceptors (Lipinski definition) is 4.